The second-order valence-electron chi connectivity index (χ2n) is 9.54. The van der Waals surface area contributed by atoms with Gasteiger partial charge in [0.1, 0.15) is 18.4 Å². The molecule has 9 heteroatoms. The minimum absolute atomic E-state index is 0.116. The number of sulfonamides is 1. The molecule has 0 radical (unpaired) electrons. The maximum atomic E-state index is 14.0. The van der Waals surface area contributed by atoms with Crippen molar-refractivity contribution in [3.8, 4) is 0 Å². The van der Waals surface area contributed by atoms with Crippen molar-refractivity contribution in [2.75, 3.05) is 23.7 Å². The van der Waals surface area contributed by atoms with Crippen LogP contribution in [0.25, 0.3) is 0 Å². The Hall–Kier alpha value is -3.72. The minimum Gasteiger partial charge on any atom is -0.354 e. The highest BCUT2D eigenvalue weighted by Gasteiger charge is 2.33. The summed E-state index contributed by atoms with van der Waals surface area (Å²) in [4.78, 5) is 29.0. The fourth-order valence-electron chi connectivity index (χ4n) is 4.25. The summed E-state index contributed by atoms with van der Waals surface area (Å²) in [6.07, 6.45) is 2.94. The zero-order valence-electron chi connectivity index (χ0n) is 22.6. The highest BCUT2D eigenvalue weighted by molar-refractivity contribution is 7.92. The van der Waals surface area contributed by atoms with Crippen molar-refractivity contribution in [3.63, 3.8) is 0 Å². The first-order chi connectivity index (χ1) is 18.6. The van der Waals surface area contributed by atoms with Crippen LogP contribution in [0, 0.1) is 12.7 Å². The first-order valence-corrected chi connectivity index (χ1v) is 14.8. The van der Waals surface area contributed by atoms with Crippen LogP contribution in [0.2, 0.25) is 0 Å². The van der Waals surface area contributed by atoms with Gasteiger partial charge in [0.05, 0.1) is 11.9 Å². The van der Waals surface area contributed by atoms with E-state index < -0.39 is 34.3 Å². The van der Waals surface area contributed by atoms with Gasteiger partial charge in [0.25, 0.3) is 0 Å². The molecular formula is C30H36FN3O4S. The van der Waals surface area contributed by atoms with Crippen LogP contribution in [0.5, 0.6) is 0 Å². The van der Waals surface area contributed by atoms with Gasteiger partial charge in [-0.25, -0.2) is 12.8 Å². The van der Waals surface area contributed by atoms with E-state index in [0.29, 0.717) is 6.54 Å². The molecule has 0 saturated carbocycles. The van der Waals surface area contributed by atoms with Gasteiger partial charge in [-0.3, -0.25) is 13.9 Å². The Morgan fingerprint density at radius 2 is 1.59 bits per heavy atom. The van der Waals surface area contributed by atoms with Crippen molar-refractivity contribution in [3.05, 3.63) is 101 Å². The number of benzene rings is 3. The molecule has 3 aromatic rings. The van der Waals surface area contributed by atoms with E-state index >= 15 is 0 Å². The molecule has 7 nitrogen and oxygen atoms in total. The van der Waals surface area contributed by atoms with Crippen molar-refractivity contribution < 1.29 is 22.4 Å². The quantitative estimate of drug-likeness (QED) is 0.317. The maximum absolute atomic E-state index is 14.0. The number of aryl methyl sites for hydroxylation is 1. The Kier molecular flexibility index (Phi) is 10.6. The van der Waals surface area contributed by atoms with Crippen LogP contribution >= 0.6 is 0 Å². The van der Waals surface area contributed by atoms with Gasteiger partial charge in [0.2, 0.25) is 21.8 Å². The van der Waals surface area contributed by atoms with Crippen molar-refractivity contribution >= 4 is 27.5 Å². The standard InChI is InChI=1S/C30H36FN3O4S/c1-4-5-19-32-30(36)28(20-24-12-7-6-8-13-24)33(21-25-14-10-9-11-23(25)2)29(35)22-34(39(3,37)38)27-17-15-26(31)16-18-27/h6-18,28H,4-5,19-22H2,1-3H3,(H,32,36)/t28-/m0/s1. The molecule has 2 amide bonds. The summed E-state index contributed by atoms with van der Waals surface area (Å²) >= 11 is 0. The van der Waals surface area contributed by atoms with Gasteiger partial charge in [0.15, 0.2) is 0 Å². The lowest BCUT2D eigenvalue weighted by Crippen LogP contribution is -2.53. The molecular weight excluding hydrogens is 517 g/mol. The number of carbonyl (C=O) groups is 2. The van der Waals surface area contributed by atoms with E-state index in [2.05, 4.69) is 5.32 Å². The van der Waals surface area contributed by atoms with Crippen LogP contribution in [0.4, 0.5) is 10.1 Å². The fourth-order valence-corrected chi connectivity index (χ4v) is 5.10. The van der Waals surface area contributed by atoms with Gasteiger partial charge in [-0.1, -0.05) is 67.9 Å². The molecule has 3 aromatic carbocycles. The van der Waals surface area contributed by atoms with Crippen molar-refractivity contribution in [2.24, 2.45) is 0 Å². The molecule has 0 heterocycles. The largest absolute Gasteiger partial charge is 0.354 e. The number of carbonyl (C=O) groups excluding carboxylic acids is 2. The third-order valence-corrected chi connectivity index (χ3v) is 7.64. The van der Waals surface area contributed by atoms with Gasteiger partial charge in [-0.2, -0.15) is 0 Å². The molecule has 0 bridgehead atoms. The number of nitrogens with zero attached hydrogens (tertiary/aromatic N) is 2. The van der Waals surface area contributed by atoms with Gasteiger partial charge in [0, 0.05) is 19.5 Å². The van der Waals surface area contributed by atoms with Crippen molar-refractivity contribution in [1.82, 2.24) is 10.2 Å². The van der Waals surface area contributed by atoms with E-state index in [1.807, 2.05) is 68.4 Å². The molecule has 0 unspecified atom stereocenters. The highest BCUT2D eigenvalue weighted by atomic mass is 32.2. The second kappa shape index (κ2) is 13.9. The lowest BCUT2D eigenvalue weighted by molar-refractivity contribution is -0.140. The molecule has 0 aliphatic carbocycles. The molecule has 0 aromatic heterocycles. The zero-order chi connectivity index (χ0) is 28.4. The summed E-state index contributed by atoms with van der Waals surface area (Å²) in [6.45, 7) is 4.00. The number of anilines is 1. The average Bonchev–Trinajstić information content (AvgIpc) is 2.91. The Balaban J connectivity index is 2.03. The monoisotopic (exact) mass is 553 g/mol. The summed E-state index contributed by atoms with van der Waals surface area (Å²) in [6, 6.07) is 21.0. The van der Waals surface area contributed by atoms with Crippen LogP contribution in [0.15, 0.2) is 78.9 Å². The summed E-state index contributed by atoms with van der Waals surface area (Å²) < 4.78 is 40.0. The second-order valence-corrected chi connectivity index (χ2v) is 11.5. The zero-order valence-corrected chi connectivity index (χ0v) is 23.5. The molecule has 0 saturated heterocycles. The van der Waals surface area contributed by atoms with E-state index in [4.69, 9.17) is 0 Å². The molecule has 1 N–H and O–H groups in total. The summed E-state index contributed by atoms with van der Waals surface area (Å²) in [5, 5.41) is 2.95. The lowest BCUT2D eigenvalue weighted by atomic mass is 10.0. The predicted molar refractivity (Wildman–Crippen MR) is 152 cm³/mol. The molecule has 1 atom stereocenters. The van der Waals surface area contributed by atoms with E-state index in [-0.39, 0.29) is 24.6 Å². The first-order valence-electron chi connectivity index (χ1n) is 13.0. The van der Waals surface area contributed by atoms with Crippen LogP contribution in [0.1, 0.15) is 36.5 Å². The van der Waals surface area contributed by atoms with E-state index in [9.17, 15) is 22.4 Å². The normalized spacial score (nSPS) is 12.0. The highest BCUT2D eigenvalue weighted by Crippen LogP contribution is 2.21. The Labute approximate surface area is 230 Å². The first kappa shape index (κ1) is 29.8. The fraction of sp³-hybridized carbons (Fsp3) is 0.333. The Morgan fingerprint density at radius 1 is 0.949 bits per heavy atom. The lowest BCUT2D eigenvalue weighted by Gasteiger charge is -2.34. The number of halogens is 1. The van der Waals surface area contributed by atoms with Crippen LogP contribution < -0.4 is 9.62 Å². The predicted octanol–water partition coefficient (Wildman–Crippen LogP) is 4.46. The molecule has 3 rings (SSSR count). The molecule has 0 spiro atoms. The van der Waals surface area contributed by atoms with E-state index in [0.717, 1.165) is 52.2 Å². The number of amides is 2. The van der Waals surface area contributed by atoms with E-state index in [1.165, 1.54) is 17.0 Å². The van der Waals surface area contributed by atoms with Gasteiger partial charge < -0.3 is 10.2 Å². The van der Waals surface area contributed by atoms with Crippen LogP contribution in [0.3, 0.4) is 0 Å². The summed E-state index contributed by atoms with van der Waals surface area (Å²) in [7, 11) is -3.90. The van der Waals surface area contributed by atoms with E-state index in [1.54, 1.807) is 0 Å². The van der Waals surface area contributed by atoms with Crippen LogP contribution in [-0.4, -0.2) is 50.5 Å². The molecule has 0 aliphatic heterocycles. The molecule has 0 aliphatic rings. The Morgan fingerprint density at radius 3 is 2.21 bits per heavy atom. The number of hydrogen-bond donors (Lipinski definition) is 1. The average molecular weight is 554 g/mol. The summed E-state index contributed by atoms with van der Waals surface area (Å²) in [5.41, 5.74) is 2.82. The van der Waals surface area contributed by atoms with Crippen LogP contribution in [-0.2, 0) is 32.6 Å². The SMILES string of the molecule is CCCCNC(=O)[C@H](Cc1ccccc1)N(Cc1ccccc1C)C(=O)CN(c1ccc(F)cc1)S(C)(=O)=O. The molecule has 0 fully saturated rings. The smallest absolute Gasteiger partial charge is 0.244 e. The maximum Gasteiger partial charge on any atom is 0.244 e. The van der Waals surface area contributed by atoms with Gasteiger partial charge in [-0.15, -0.1) is 0 Å². The van der Waals surface area contributed by atoms with Crippen molar-refractivity contribution in [1.29, 1.82) is 0 Å². The topological polar surface area (TPSA) is 86.8 Å². The number of rotatable bonds is 13. The third-order valence-electron chi connectivity index (χ3n) is 6.50. The third kappa shape index (κ3) is 8.64. The number of hydrogen-bond acceptors (Lipinski definition) is 4. The van der Waals surface area contributed by atoms with Gasteiger partial charge in [-0.05, 0) is 54.3 Å². The van der Waals surface area contributed by atoms with Gasteiger partial charge >= 0.3 is 0 Å². The molecule has 208 valence electrons. The molecule has 39 heavy (non-hydrogen) atoms. The Bertz CT molecular complexity index is 1350. The number of unbranched alkanes of at least 4 members (excludes halogenated alkanes) is 1. The van der Waals surface area contributed by atoms with Crippen molar-refractivity contribution in [2.45, 2.75) is 45.7 Å². The minimum atomic E-state index is -3.90. The summed E-state index contributed by atoms with van der Waals surface area (Å²) in [5.74, 6) is -1.37. The number of nitrogens with one attached hydrogen (secondary N) is 1.